The summed E-state index contributed by atoms with van der Waals surface area (Å²) in [5, 5.41) is 0.404. The summed E-state index contributed by atoms with van der Waals surface area (Å²) in [5.74, 6) is 0.0620. The van der Waals surface area contributed by atoms with Gasteiger partial charge in [-0.3, -0.25) is 4.79 Å². The molecule has 6 nitrogen and oxygen atoms in total. The Hall–Kier alpha value is -2.09. The Kier molecular flexibility index (Phi) is 6.59. The van der Waals surface area contributed by atoms with Gasteiger partial charge in [-0.1, -0.05) is 35.9 Å². The minimum absolute atomic E-state index is 0.000668. The van der Waals surface area contributed by atoms with E-state index in [1.165, 1.54) is 0 Å². The van der Waals surface area contributed by atoms with E-state index >= 15 is 0 Å². The fourth-order valence-electron chi connectivity index (χ4n) is 3.10. The van der Waals surface area contributed by atoms with Crippen LogP contribution in [0.1, 0.15) is 28.8 Å². The van der Waals surface area contributed by atoms with Gasteiger partial charge in [-0.25, -0.2) is 0 Å². The van der Waals surface area contributed by atoms with Crippen molar-refractivity contribution in [2.75, 3.05) is 19.4 Å². The molecule has 1 aliphatic rings. The summed E-state index contributed by atoms with van der Waals surface area (Å²) in [5.41, 5.74) is 1.29. The number of halogens is 1. The van der Waals surface area contributed by atoms with Crippen molar-refractivity contribution in [3.8, 4) is 5.75 Å². The molecule has 0 N–H and O–H groups in total. The lowest BCUT2D eigenvalue weighted by atomic mass is 10.1. The van der Waals surface area contributed by atoms with Crippen molar-refractivity contribution in [2.24, 2.45) is 0 Å². The first-order valence-corrected chi connectivity index (χ1v) is 11.1. The van der Waals surface area contributed by atoms with Gasteiger partial charge in [0.25, 0.3) is 5.91 Å². The molecule has 2 aromatic rings. The Morgan fingerprint density at radius 1 is 1.21 bits per heavy atom. The summed E-state index contributed by atoms with van der Waals surface area (Å²) in [6.45, 7) is 1.52. The van der Waals surface area contributed by atoms with Crippen molar-refractivity contribution in [3.05, 3.63) is 64.7 Å². The lowest BCUT2D eigenvalue weighted by molar-refractivity contribution is 0.0507. The van der Waals surface area contributed by atoms with Crippen molar-refractivity contribution < 1.29 is 22.1 Å². The topological polar surface area (TPSA) is 72.9 Å². The van der Waals surface area contributed by atoms with E-state index in [4.69, 9.17) is 20.5 Å². The van der Waals surface area contributed by atoms with E-state index in [1.54, 1.807) is 53.4 Å². The Bertz CT molecular complexity index is 924. The minimum Gasteiger partial charge on any atom is -0.383 e. The monoisotopic (exact) mass is 423 g/mol. The molecule has 28 heavy (non-hydrogen) atoms. The van der Waals surface area contributed by atoms with E-state index in [2.05, 4.69) is 0 Å². The molecule has 0 saturated carbocycles. The van der Waals surface area contributed by atoms with Gasteiger partial charge in [0.05, 0.1) is 22.9 Å². The van der Waals surface area contributed by atoms with Gasteiger partial charge in [0, 0.05) is 19.7 Å². The highest BCUT2D eigenvalue weighted by Crippen LogP contribution is 2.22. The van der Waals surface area contributed by atoms with E-state index in [9.17, 15) is 13.2 Å². The Morgan fingerprint density at radius 2 is 1.93 bits per heavy atom. The molecule has 1 aliphatic heterocycles. The number of hydrogen-bond donors (Lipinski definition) is 0. The summed E-state index contributed by atoms with van der Waals surface area (Å²) in [6.07, 6.45) is 2.88. The van der Waals surface area contributed by atoms with Gasteiger partial charge in [-0.15, -0.1) is 0 Å². The zero-order chi connectivity index (χ0) is 20.1. The average Bonchev–Trinajstić information content (AvgIpc) is 3.14. The van der Waals surface area contributed by atoms with Gasteiger partial charge in [0.15, 0.2) is 0 Å². The lowest BCUT2D eigenvalue weighted by Crippen LogP contribution is -2.37. The van der Waals surface area contributed by atoms with Crippen LogP contribution in [-0.2, 0) is 21.4 Å². The largest absolute Gasteiger partial charge is 0.383 e. The molecule has 0 aliphatic carbocycles. The van der Waals surface area contributed by atoms with Crippen LogP contribution in [0.15, 0.2) is 48.5 Å². The fourth-order valence-corrected chi connectivity index (χ4v) is 3.78. The third kappa shape index (κ3) is 5.70. The Labute approximate surface area is 170 Å². The summed E-state index contributed by atoms with van der Waals surface area (Å²) in [7, 11) is -3.58. The maximum Gasteiger partial charge on any atom is 0.306 e. The van der Waals surface area contributed by atoms with E-state index in [-0.39, 0.29) is 17.8 Å². The first-order valence-electron chi connectivity index (χ1n) is 8.95. The summed E-state index contributed by atoms with van der Waals surface area (Å²) >= 11 is 6.21. The highest BCUT2D eigenvalue weighted by atomic mass is 35.5. The number of carbonyl (C=O) groups excluding carboxylic acids is 1. The highest BCUT2D eigenvalue weighted by Gasteiger charge is 2.24. The van der Waals surface area contributed by atoms with Crippen molar-refractivity contribution in [1.29, 1.82) is 0 Å². The average molecular weight is 424 g/mol. The predicted octanol–water partition coefficient (Wildman–Crippen LogP) is 3.50. The van der Waals surface area contributed by atoms with Crippen LogP contribution in [0, 0.1) is 0 Å². The second-order valence-electron chi connectivity index (χ2n) is 6.73. The van der Waals surface area contributed by atoms with Gasteiger partial charge >= 0.3 is 10.1 Å². The third-order valence-electron chi connectivity index (χ3n) is 4.38. The van der Waals surface area contributed by atoms with Gasteiger partial charge in [-0.05, 0) is 42.7 Å². The molecule has 1 atom stereocenters. The zero-order valence-electron chi connectivity index (χ0n) is 15.5. The van der Waals surface area contributed by atoms with Crippen LogP contribution >= 0.6 is 11.6 Å². The number of ether oxygens (including phenoxy) is 1. The van der Waals surface area contributed by atoms with Gasteiger partial charge < -0.3 is 13.8 Å². The van der Waals surface area contributed by atoms with E-state index in [1.807, 2.05) is 0 Å². The molecule has 0 radical (unpaired) electrons. The first-order chi connectivity index (χ1) is 13.3. The smallest absolute Gasteiger partial charge is 0.306 e. The summed E-state index contributed by atoms with van der Waals surface area (Å²) in [6, 6.07) is 13.6. The van der Waals surface area contributed by atoms with Crippen molar-refractivity contribution in [3.63, 3.8) is 0 Å². The van der Waals surface area contributed by atoms with Gasteiger partial charge in [0.1, 0.15) is 5.75 Å². The third-order valence-corrected chi connectivity index (χ3v) is 5.21. The normalized spacial score (nSPS) is 16.7. The van der Waals surface area contributed by atoms with Crippen molar-refractivity contribution in [1.82, 2.24) is 4.90 Å². The molecule has 0 bridgehead atoms. The molecule has 8 heteroatoms. The summed E-state index contributed by atoms with van der Waals surface area (Å²) < 4.78 is 33.0. The molecule has 1 saturated heterocycles. The SMILES string of the molecule is CS(=O)(=O)Oc1ccc(CN(C[C@@H]2CCCO2)C(=O)c2ccccc2Cl)cc1. The molecule has 1 heterocycles. The number of amides is 1. The first kappa shape index (κ1) is 20.6. The highest BCUT2D eigenvalue weighted by molar-refractivity contribution is 7.86. The second-order valence-corrected chi connectivity index (χ2v) is 8.71. The van der Waals surface area contributed by atoms with Crippen LogP contribution in [0.25, 0.3) is 0 Å². The van der Waals surface area contributed by atoms with E-state index < -0.39 is 10.1 Å². The quantitative estimate of drug-likeness (QED) is 0.637. The number of rotatable bonds is 7. The van der Waals surface area contributed by atoms with E-state index in [0.717, 1.165) is 24.7 Å². The minimum atomic E-state index is -3.58. The fraction of sp³-hybridized carbons (Fsp3) is 0.350. The lowest BCUT2D eigenvalue weighted by Gasteiger charge is -2.26. The zero-order valence-corrected chi connectivity index (χ0v) is 17.1. The number of benzene rings is 2. The van der Waals surface area contributed by atoms with Crippen molar-refractivity contribution >= 4 is 27.6 Å². The molecular weight excluding hydrogens is 402 g/mol. The molecule has 3 rings (SSSR count). The van der Waals surface area contributed by atoms with Gasteiger partial charge in [-0.2, -0.15) is 8.42 Å². The maximum absolute atomic E-state index is 13.1. The molecule has 0 aromatic heterocycles. The summed E-state index contributed by atoms with van der Waals surface area (Å²) in [4.78, 5) is 14.8. The van der Waals surface area contributed by atoms with Crippen LogP contribution in [0.3, 0.4) is 0 Å². The Balaban J connectivity index is 1.78. The standard InChI is InChI=1S/C20H22ClNO5S/c1-28(24,25)27-16-10-8-15(9-11-16)13-22(14-17-5-4-12-26-17)20(23)18-6-2-3-7-19(18)21/h2-3,6-11,17H,4-5,12-14H2,1H3/t17-/m0/s1. The molecule has 1 fully saturated rings. The number of carbonyl (C=O) groups is 1. The van der Waals surface area contributed by atoms with Crippen LogP contribution in [0.5, 0.6) is 5.75 Å². The molecule has 0 spiro atoms. The van der Waals surface area contributed by atoms with Crippen LogP contribution in [-0.4, -0.2) is 44.7 Å². The van der Waals surface area contributed by atoms with Crippen molar-refractivity contribution in [2.45, 2.75) is 25.5 Å². The number of nitrogens with zero attached hydrogens (tertiary/aromatic N) is 1. The molecular formula is C20H22ClNO5S. The number of hydrogen-bond acceptors (Lipinski definition) is 5. The Morgan fingerprint density at radius 3 is 2.54 bits per heavy atom. The van der Waals surface area contributed by atoms with E-state index in [0.29, 0.717) is 30.3 Å². The predicted molar refractivity (Wildman–Crippen MR) is 107 cm³/mol. The van der Waals surface area contributed by atoms with Crippen LogP contribution in [0.2, 0.25) is 5.02 Å². The van der Waals surface area contributed by atoms with Gasteiger partial charge in [0.2, 0.25) is 0 Å². The molecule has 0 unspecified atom stereocenters. The molecule has 1 amide bonds. The molecule has 2 aromatic carbocycles. The molecule has 150 valence electrons. The second kappa shape index (κ2) is 8.94. The maximum atomic E-state index is 13.1. The van der Waals surface area contributed by atoms with Crippen LogP contribution in [0.4, 0.5) is 0 Å². The van der Waals surface area contributed by atoms with Crippen LogP contribution < -0.4 is 4.18 Å².